The van der Waals surface area contributed by atoms with E-state index in [1.165, 1.54) is 0 Å². The first-order valence-electron chi connectivity index (χ1n) is 7.19. The monoisotopic (exact) mass is 322 g/mol. The average Bonchev–Trinajstić information content (AvgIpc) is 3.07. The van der Waals surface area contributed by atoms with Crippen LogP contribution in [0.4, 0.5) is 0 Å². The number of rotatable bonds is 2. The highest BCUT2D eigenvalue weighted by Gasteiger charge is 2.34. The molecule has 0 radical (unpaired) electrons. The summed E-state index contributed by atoms with van der Waals surface area (Å²) >= 11 is 5.19. The van der Waals surface area contributed by atoms with Gasteiger partial charge in [-0.3, -0.25) is 0 Å². The highest BCUT2D eigenvalue weighted by Crippen LogP contribution is 2.45. The Morgan fingerprint density at radius 1 is 1.04 bits per heavy atom. The first-order chi connectivity index (χ1) is 11.2. The van der Waals surface area contributed by atoms with Crippen molar-refractivity contribution in [2.75, 3.05) is 0 Å². The zero-order valence-corrected chi connectivity index (χ0v) is 13.0. The fraction of sp³-hybridized carbons (Fsp3) is 0.0556. The lowest BCUT2D eigenvalue weighted by Gasteiger charge is -2.28. The summed E-state index contributed by atoms with van der Waals surface area (Å²) in [5, 5.41) is 2.07. The molecular formula is C18H14N2O2S. The molecule has 1 aliphatic rings. The maximum Gasteiger partial charge on any atom is 0.198 e. The Hall–Kier alpha value is -2.79. The van der Waals surface area contributed by atoms with E-state index in [0.717, 1.165) is 27.8 Å². The van der Waals surface area contributed by atoms with Gasteiger partial charge >= 0.3 is 0 Å². The molecule has 4 nitrogen and oxygen atoms in total. The van der Waals surface area contributed by atoms with Gasteiger partial charge in [0.15, 0.2) is 5.88 Å². The number of hydrogen-bond acceptors (Lipinski definition) is 4. The lowest BCUT2D eigenvalue weighted by Crippen LogP contribution is -2.28. The minimum absolute atomic E-state index is 0.211. The Balaban J connectivity index is 2.03. The molecule has 0 bridgehead atoms. The first-order valence-corrected chi connectivity index (χ1v) is 7.60. The van der Waals surface area contributed by atoms with Crippen LogP contribution in [-0.4, -0.2) is 4.99 Å². The van der Waals surface area contributed by atoms with Crippen LogP contribution in [0.15, 0.2) is 70.7 Å². The molecule has 0 spiro atoms. The Bertz CT molecular complexity index is 945. The number of benzene rings is 2. The second kappa shape index (κ2) is 5.14. The van der Waals surface area contributed by atoms with Crippen molar-refractivity contribution in [2.24, 2.45) is 11.5 Å². The van der Waals surface area contributed by atoms with Gasteiger partial charge in [-0.2, -0.15) is 0 Å². The molecule has 0 fully saturated rings. The summed E-state index contributed by atoms with van der Waals surface area (Å²) in [4.78, 5) is 0.211. The Labute approximate surface area is 138 Å². The molecule has 1 unspecified atom stereocenters. The molecule has 2 aromatic carbocycles. The van der Waals surface area contributed by atoms with Gasteiger partial charge in [-0.1, -0.05) is 48.6 Å². The van der Waals surface area contributed by atoms with Crippen LogP contribution in [0.1, 0.15) is 17.2 Å². The molecular weight excluding hydrogens is 308 g/mol. The third-order valence-corrected chi connectivity index (χ3v) is 4.30. The smallest absolute Gasteiger partial charge is 0.198 e. The predicted molar refractivity (Wildman–Crippen MR) is 93.1 cm³/mol. The number of furan rings is 1. The molecule has 0 aliphatic carbocycles. The molecule has 23 heavy (non-hydrogen) atoms. The SMILES string of the molecule is NC(=S)C1=C(N)Oc2c(ccc3ccccc23)C1c1ccco1. The van der Waals surface area contributed by atoms with Gasteiger partial charge in [-0.25, -0.2) is 0 Å². The lowest BCUT2D eigenvalue weighted by atomic mass is 9.85. The highest BCUT2D eigenvalue weighted by molar-refractivity contribution is 7.80. The first kappa shape index (κ1) is 13.8. The van der Waals surface area contributed by atoms with Crippen LogP contribution < -0.4 is 16.2 Å². The van der Waals surface area contributed by atoms with E-state index in [2.05, 4.69) is 0 Å². The van der Waals surface area contributed by atoms with E-state index in [-0.39, 0.29) is 16.8 Å². The summed E-state index contributed by atoms with van der Waals surface area (Å²) in [5.41, 5.74) is 13.5. The largest absolute Gasteiger partial charge is 0.468 e. The summed E-state index contributed by atoms with van der Waals surface area (Å²) < 4.78 is 11.5. The fourth-order valence-corrected chi connectivity index (χ4v) is 3.30. The van der Waals surface area contributed by atoms with E-state index in [4.69, 9.17) is 32.8 Å². The third-order valence-electron chi connectivity index (χ3n) is 4.08. The molecule has 0 amide bonds. The molecule has 0 saturated heterocycles. The number of hydrogen-bond donors (Lipinski definition) is 2. The van der Waals surface area contributed by atoms with E-state index < -0.39 is 0 Å². The third kappa shape index (κ3) is 2.09. The fourth-order valence-electron chi connectivity index (χ4n) is 3.08. The Kier molecular flexibility index (Phi) is 3.09. The van der Waals surface area contributed by atoms with E-state index >= 15 is 0 Å². The van der Waals surface area contributed by atoms with Crippen molar-refractivity contribution >= 4 is 28.0 Å². The minimum atomic E-state index is -0.268. The molecule has 4 rings (SSSR count). The molecule has 4 N–H and O–H groups in total. The van der Waals surface area contributed by atoms with Gasteiger partial charge in [-0.05, 0) is 17.5 Å². The van der Waals surface area contributed by atoms with Crippen molar-refractivity contribution in [3.63, 3.8) is 0 Å². The molecule has 1 aromatic heterocycles. The van der Waals surface area contributed by atoms with Gasteiger partial charge < -0.3 is 20.6 Å². The van der Waals surface area contributed by atoms with E-state index in [1.807, 2.05) is 48.5 Å². The summed E-state index contributed by atoms with van der Waals surface area (Å²) in [7, 11) is 0. The zero-order chi connectivity index (χ0) is 16.0. The van der Waals surface area contributed by atoms with Crippen molar-refractivity contribution in [2.45, 2.75) is 5.92 Å². The molecule has 1 atom stereocenters. The van der Waals surface area contributed by atoms with Crippen LogP contribution in [0.3, 0.4) is 0 Å². The molecule has 5 heteroatoms. The van der Waals surface area contributed by atoms with E-state index in [1.54, 1.807) is 6.26 Å². The van der Waals surface area contributed by atoms with Gasteiger partial charge in [0, 0.05) is 10.9 Å². The quantitative estimate of drug-likeness (QED) is 0.707. The average molecular weight is 322 g/mol. The van der Waals surface area contributed by atoms with Crippen molar-refractivity contribution in [3.05, 3.63) is 77.6 Å². The molecule has 1 aliphatic heterocycles. The lowest BCUT2D eigenvalue weighted by molar-refractivity contribution is 0.390. The van der Waals surface area contributed by atoms with Crippen molar-refractivity contribution in [3.8, 4) is 5.75 Å². The number of fused-ring (bicyclic) bond motifs is 3. The highest BCUT2D eigenvalue weighted by atomic mass is 32.1. The topological polar surface area (TPSA) is 74.4 Å². The number of ether oxygens (including phenoxy) is 1. The second-order valence-corrected chi connectivity index (χ2v) is 5.84. The van der Waals surface area contributed by atoms with Gasteiger partial charge in [0.25, 0.3) is 0 Å². The molecule has 2 heterocycles. The maximum atomic E-state index is 6.13. The Morgan fingerprint density at radius 2 is 1.87 bits per heavy atom. The van der Waals surface area contributed by atoms with Gasteiger partial charge in [0.2, 0.25) is 0 Å². The number of thiocarbonyl (C=S) groups is 1. The van der Waals surface area contributed by atoms with Crippen molar-refractivity contribution < 1.29 is 9.15 Å². The van der Waals surface area contributed by atoms with Crippen LogP contribution in [0.5, 0.6) is 5.75 Å². The van der Waals surface area contributed by atoms with Gasteiger partial charge in [0.05, 0.1) is 17.8 Å². The van der Waals surface area contributed by atoms with E-state index in [9.17, 15) is 0 Å². The summed E-state index contributed by atoms with van der Waals surface area (Å²) in [6, 6.07) is 15.8. The predicted octanol–water partition coefficient (Wildman–Crippen LogP) is 3.41. The normalized spacial score (nSPS) is 17.0. The number of nitrogens with two attached hydrogens (primary N) is 2. The van der Waals surface area contributed by atoms with Crippen molar-refractivity contribution in [1.29, 1.82) is 0 Å². The Morgan fingerprint density at radius 3 is 2.61 bits per heavy atom. The van der Waals surface area contributed by atoms with Gasteiger partial charge in [0.1, 0.15) is 16.5 Å². The summed E-state index contributed by atoms with van der Waals surface area (Å²) in [6.45, 7) is 0. The molecule has 114 valence electrons. The molecule has 3 aromatic rings. The summed E-state index contributed by atoms with van der Waals surface area (Å²) in [6.07, 6.45) is 1.62. The maximum absolute atomic E-state index is 6.13. The minimum Gasteiger partial charge on any atom is -0.468 e. The molecule has 0 saturated carbocycles. The van der Waals surface area contributed by atoms with Crippen LogP contribution >= 0.6 is 12.2 Å². The van der Waals surface area contributed by atoms with Crippen molar-refractivity contribution in [1.82, 2.24) is 0 Å². The second-order valence-electron chi connectivity index (χ2n) is 5.40. The van der Waals surface area contributed by atoms with E-state index in [0.29, 0.717) is 5.57 Å². The van der Waals surface area contributed by atoms with Crippen LogP contribution in [0, 0.1) is 0 Å². The van der Waals surface area contributed by atoms with Crippen LogP contribution in [0.25, 0.3) is 10.8 Å². The zero-order valence-electron chi connectivity index (χ0n) is 12.2. The van der Waals surface area contributed by atoms with Crippen LogP contribution in [-0.2, 0) is 0 Å². The standard InChI is InChI=1S/C18H14N2O2S/c19-17-15(18(20)23)14(13-6-3-9-21-13)12-8-7-10-4-1-2-5-11(10)16(12)22-17/h1-9,14H,19H2,(H2,20,23). The van der Waals surface area contributed by atoms with Gasteiger partial charge in [-0.15, -0.1) is 0 Å². The van der Waals surface area contributed by atoms with Crippen LogP contribution in [0.2, 0.25) is 0 Å². The summed E-state index contributed by atoms with van der Waals surface area (Å²) in [5.74, 6) is 1.41.